The molecule has 3 rings (SSSR count). The van der Waals surface area contributed by atoms with Gasteiger partial charge in [-0.15, -0.1) is 24.8 Å². The molecule has 0 spiro atoms. The van der Waals surface area contributed by atoms with E-state index < -0.39 is 0 Å². The van der Waals surface area contributed by atoms with Crippen molar-refractivity contribution < 1.29 is 4.79 Å². The molecule has 0 aromatic heterocycles. The van der Waals surface area contributed by atoms with Gasteiger partial charge in [0.1, 0.15) is 0 Å². The maximum atomic E-state index is 12.3. The van der Waals surface area contributed by atoms with Crippen LogP contribution in [0.4, 0.5) is 5.69 Å². The summed E-state index contributed by atoms with van der Waals surface area (Å²) < 4.78 is 0. The number of benzene rings is 1. The van der Waals surface area contributed by atoms with Crippen molar-refractivity contribution in [3.63, 3.8) is 0 Å². The predicted molar refractivity (Wildman–Crippen MR) is 104 cm³/mol. The number of carbonyl (C=O) groups excluding carboxylic acids is 1. The first-order valence-corrected chi connectivity index (χ1v) is 8.64. The van der Waals surface area contributed by atoms with Gasteiger partial charge in [0.2, 0.25) is 5.91 Å². The van der Waals surface area contributed by atoms with Crippen molar-refractivity contribution >= 4 is 36.4 Å². The summed E-state index contributed by atoms with van der Waals surface area (Å²) in [5, 5.41) is 6.39. The fourth-order valence-electron chi connectivity index (χ4n) is 3.44. The molecule has 1 aromatic rings. The molecule has 2 fully saturated rings. The highest BCUT2D eigenvalue weighted by Gasteiger charge is 2.20. The second-order valence-corrected chi connectivity index (χ2v) is 6.57. The second kappa shape index (κ2) is 10.9. The second-order valence-electron chi connectivity index (χ2n) is 6.57. The zero-order valence-electron chi connectivity index (χ0n) is 14.1. The molecule has 1 amide bonds. The van der Waals surface area contributed by atoms with Gasteiger partial charge in [-0.25, -0.2) is 0 Å². The Labute approximate surface area is 157 Å². The van der Waals surface area contributed by atoms with Crippen LogP contribution in [0, 0.1) is 5.92 Å². The number of carbonyl (C=O) groups is 1. The summed E-state index contributed by atoms with van der Waals surface area (Å²) in [7, 11) is 0. The SMILES string of the molecule is Cl.Cl.O=C(Nc1cccc(CN2CCCCC2)c1)C1CCCNC1. The third kappa shape index (κ3) is 6.25. The Morgan fingerprint density at radius 3 is 2.67 bits per heavy atom. The molecule has 2 N–H and O–H groups in total. The molecule has 6 heteroatoms. The standard InChI is InChI=1S/C18H27N3O.2ClH/c22-18(16-7-5-9-19-13-16)20-17-8-4-6-15(12-17)14-21-10-2-1-3-11-21;;/h4,6,8,12,16,19H,1-3,5,7,9-11,13-14H2,(H,20,22);2*1H. The van der Waals surface area contributed by atoms with E-state index in [1.807, 2.05) is 12.1 Å². The average Bonchev–Trinajstić information content (AvgIpc) is 2.57. The van der Waals surface area contributed by atoms with Crippen LogP contribution in [0.5, 0.6) is 0 Å². The molecule has 0 saturated carbocycles. The van der Waals surface area contributed by atoms with Gasteiger partial charge >= 0.3 is 0 Å². The van der Waals surface area contributed by atoms with Gasteiger partial charge in [-0.1, -0.05) is 18.6 Å². The van der Waals surface area contributed by atoms with E-state index in [9.17, 15) is 4.79 Å². The fraction of sp³-hybridized carbons (Fsp3) is 0.611. The lowest BCUT2D eigenvalue weighted by atomic mass is 9.98. The van der Waals surface area contributed by atoms with Crippen LogP contribution < -0.4 is 10.6 Å². The number of halogens is 2. The Morgan fingerprint density at radius 2 is 1.96 bits per heavy atom. The molecule has 0 radical (unpaired) electrons. The van der Waals surface area contributed by atoms with E-state index in [0.29, 0.717) is 0 Å². The van der Waals surface area contributed by atoms with E-state index in [0.717, 1.165) is 38.2 Å². The molecule has 2 aliphatic heterocycles. The summed E-state index contributed by atoms with van der Waals surface area (Å²) in [5.41, 5.74) is 2.23. The Morgan fingerprint density at radius 1 is 1.17 bits per heavy atom. The number of hydrogen-bond acceptors (Lipinski definition) is 3. The van der Waals surface area contributed by atoms with E-state index in [2.05, 4.69) is 27.7 Å². The van der Waals surface area contributed by atoms with Crippen LogP contribution in [-0.4, -0.2) is 37.0 Å². The van der Waals surface area contributed by atoms with Gasteiger partial charge < -0.3 is 10.6 Å². The van der Waals surface area contributed by atoms with E-state index in [1.165, 1.54) is 37.9 Å². The molecule has 1 aromatic carbocycles. The Hall–Kier alpha value is -0.810. The first-order chi connectivity index (χ1) is 10.8. The van der Waals surface area contributed by atoms with Gasteiger partial charge in [-0.2, -0.15) is 0 Å². The quantitative estimate of drug-likeness (QED) is 0.849. The molecule has 0 aliphatic carbocycles. The Balaban J connectivity index is 0.00000144. The van der Waals surface area contributed by atoms with Gasteiger partial charge in [0.15, 0.2) is 0 Å². The predicted octanol–water partition coefficient (Wildman–Crippen LogP) is 3.45. The average molecular weight is 374 g/mol. The number of amides is 1. The van der Waals surface area contributed by atoms with Crippen LogP contribution in [0.2, 0.25) is 0 Å². The molecule has 136 valence electrons. The lowest BCUT2D eigenvalue weighted by Gasteiger charge is -2.26. The van der Waals surface area contributed by atoms with Gasteiger partial charge in [-0.3, -0.25) is 9.69 Å². The fourth-order valence-corrected chi connectivity index (χ4v) is 3.44. The van der Waals surface area contributed by atoms with Gasteiger partial charge in [0, 0.05) is 18.8 Å². The molecule has 0 bridgehead atoms. The topological polar surface area (TPSA) is 44.4 Å². The number of anilines is 1. The highest BCUT2D eigenvalue weighted by molar-refractivity contribution is 5.92. The maximum absolute atomic E-state index is 12.3. The number of hydrogen-bond donors (Lipinski definition) is 2. The minimum atomic E-state index is 0. The van der Waals surface area contributed by atoms with Crippen molar-refractivity contribution in [2.24, 2.45) is 5.92 Å². The van der Waals surface area contributed by atoms with Gasteiger partial charge in [0.05, 0.1) is 5.92 Å². The smallest absolute Gasteiger partial charge is 0.228 e. The molecule has 1 unspecified atom stereocenters. The number of nitrogens with zero attached hydrogens (tertiary/aromatic N) is 1. The van der Waals surface area contributed by atoms with Crippen molar-refractivity contribution in [1.29, 1.82) is 0 Å². The van der Waals surface area contributed by atoms with Crippen LogP contribution in [0.15, 0.2) is 24.3 Å². The molecule has 2 saturated heterocycles. The summed E-state index contributed by atoms with van der Waals surface area (Å²) in [6.07, 6.45) is 6.07. The maximum Gasteiger partial charge on any atom is 0.228 e. The summed E-state index contributed by atoms with van der Waals surface area (Å²) >= 11 is 0. The van der Waals surface area contributed by atoms with Crippen LogP contribution in [0.3, 0.4) is 0 Å². The number of nitrogens with one attached hydrogen (secondary N) is 2. The summed E-state index contributed by atoms with van der Waals surface area (Å²) in [6.45, 7) is 5.23. The van der Waals surface area contributed by atoms with Crippen LogP contribution in [0.1, 0.15) is 37.7 Å². The van der Waals surface area contributed by atoms with E-state index >= 15 is 0 Å². The van der Waals surface area contributed by atoms with Crippen LogP contribution >= 0.6 is 24.8 Å². The van der Waals surface area contributed by atoms with Crippen molar-refractivity contribution in [1.82, 2.24) is 10.2 Å². The van der Waals surface area contributed by atoms with Crippen molar-refractivity contribution in [3.8, 4) is 0 Å². The number of piperidine rings is 2. The highest BCUT2D eigenvalue weighted by Crippen LogP contribution is 2.18. The van der Waals surface area contributed by atoms with E-state index in [4.69, 9.17) is 0 Å². The monoisotopic (exact) mass is 373 g/mol. The van der Waals surface area contributed by atoms with Gasteiger partial charge in [-0.05, 0) is 63.0 Å². The van der Waals surface area contributed by atoms with E-state index in [-0.39, 0.29) is 36.6 Å². The zero-order chi connectivity index (χ0) is 15.2. The summed E-state index contributed by atoms with van der Waals surface area (Å²) in [4.78, 5) is 14.8. The van der Waals surface area contributed by atoms with E-state index in [1.54, 1.807) is 0 Å². The molecule has 24 heavy (non-hydrogen) atoms. The third-order valence-electron chi connectivity index (χ3n) is 4.72. The van der Waals surface area contributed by atoms with Crippen molar-refractivity contribution in [2.75, 3.05) is 31.5 Å². The lowest BCUT2D eigenvalue weighted by molar-refractivity contribution is -0.120. The zero-order valence-corrected chi connectivity index (χ0v) is 15.8. The third-order valence-corrected chi connectivity index (χ3v) is 4.72. The van der Waals surface area contributed by atoms with Crippen LogP contribution in [-0.2, 0) is 11.3 Å². The molecular weight excluding hydrogens is 345 g/mol. The van der Waals surface area contributed by atoms with Gasteiger partial charge in [0.25, 0.3) is 0 Å². The first-order valence-electron chi connectivity index (χ1n) is 8.64. The normalized spacial score (nSPS) is 21.2. The van der Waals surface area contributed by atoms with Crippen LogP contribution in [0.25, 0.3) is 0 Å². The summed E-state index contributed by atoms with van der Waals surface area (Å²) in [6, 6.07) is 8.33. The molecular formula is C18H29Cl2N3O. The molecule has 2 aliphatic rings. The molecule has 4 nitrogen and oxygen atoms in total. The molecule has 2 heterocycles. The molecule has 1 atom stereocenters. The lowest BCUT2D eigenvalue weighted by Crippen LogP contribution is -2.37. The number of rotatable bonds is 4. The van der Waals surface area contributed by atoms with Crippen molar-refractivity contribution in [3.05, 3.63) is 29.8 Å². The highest BCUT2D eigenvalue weighted by atomic mass is 35.5. The number of likely N-dealkylation sites (tertiary alicyclic amines) is 1. The largest absolute Gasteiger partial charge is 0.326 e. The van der Waals surface area contributed by atoms with Crippen molar-refractivity contribution in [2.45, 2.75) is 38.6 Å². The Bertz CT molecular complexity index is 501. The Kier molecular flexibility index (Phi) is 9.67. The minimum absolute atomic E-state index is 0. The first kappa shape index (κ1) is 21.2. The minimum Gasteiger partial charge on any atom is -0.326 e. The summed E-state index contributed by atoms with van der Waals surface area (Å²) in [5.74, 6) is 0.266.